The van der Waals surface area contributed by atoms with Gasteiger partial charge in [0.25, 0.3) is 0 Å². The Morgan fingerprint density at radius 1 is 0.919 bits per heavy atom. The van der Waals surface area contributed by atoms with Crippen molar-refractivity contribution in [2.45, 2.75) is 76.6 Å². The Labute approximate surface area is 220 Å². The minimum absolute atomic E-state index is 0.0894. The summed E-state index contributed by atoms with van der Waals surface area (Å²) in [5.41, 5.74) is 0.173. The van der Waals surface area contributed by atoms with Gasteiger partial charge in [0.2, 0.25) is 5.91 Å². The van der Waals surface area contributed by atoms with E-state index in [1.165, 1.54) is 0 Å². The minimum Gasteiger partial charge on any atom is -0.489 e. The molecule has 2 aliphatic rings. The number of hydrogen-bond donors (Lipinski definition) is 1. The lowest BCUT2D eigenvalue weighted by Crippen LogP contribution is -2.55. The zero-order valence-electron chi connectivity index (χ0n) is 22.3. The van der Waals surface area contributed by atoms with Crippen LogP contribution in [0.5, 0.6) is 5.75 Å². The van der Waals surface area contributed by atoms with E-state index in [4.69, 9.17) is 9.47 Å². The smallest absolute Gasteiger partial charge is 0.410 e. The van der Waals surface area contributed by atoms with Crippen LogP contribution >= 0.6 is 0 Å². The molecule has 1 aliphatic carbocycles. The van der Waals surface area contributed by atoms with E-state index in [0.29, 0.717) is 51.4 Å². The molecule has 1 aliphatic heterocycles. The highest BCUT2D eigenvalue weighted by molar-refractivity contribution is 5.85. The molecule has 2 aromatic rings. The second-order valence-electron chi connectivity index (χ2n) is 11.2. The number of rotatable bonds is 6. The zero-order valence-corrected chi connectivity index (χ0v) is 22.3. The number of carbonyl (C=O) groups is 2. The van der Waals surface area contributed by atoms with Gasteiger partial charge in [0.1, 0.15) is 18.0 Å². The Bertz CT molecular complexity index is 1050. The first-order chi connectivity index (χ1) is 17.6. The molecule has 0 radical (unpaired) electrons. The monoisotopic (exact) mass is 508 g/mol. The van der Waals surface area contributed by atoms with Crippen molar-refractivity contribution in [3.8, 4) is 5.75 Å². The lowest BCUT2D eigenvalue weighted by atomic mass is 9.72. The average Bonchev–Trinajstić information content (AvgIpc) is 2.88. The van der Waals surface area contributed by atoms with E-state index >= 15 is 0 Å². The summed E-state index contributed by atoms with van der Waals surface area (Å²) in [6.45, 7) is 7.61. The summed E-state index contributed by atoms with van der Waals surface area (Å²) in [6.07, 6.45) is 3.70. The van der Waals surface area contributed by atoms with Crippen molar-refractivity contribution in [2.24, 2.45) is 0 Å². The molecule has 2 amide bonds. The summed E-state index contributed by atoms with van der Waals surface area (Å²) in [4.78, 5) is 29.9. The molecule has 4 rings (SSSR count). The summed E-state index contributed by atoms with van der Waals surface area (Å²) in [6, 6.07) is 17.5. The SMILES string of the molecule is CC(C)(C)OC(=O)N1CCN(C(=O)C(c2cccc(OCc3ccccc3)c2)C2(O)CCCCC2)CC1. The van der Waals surface area contributed by atoms with Crippen molar-refractivity contribution in [1.29, 1.82) is 0 Å². The summed E-state index contributed by atoms with van der Waals surface area (Å²) >= 11 is 0. The van der Waals surface area contributed by atoms with Crippen LogP contribution in [-0.4, -0.2) is 64.3 Å². The van der Waals surface area contributed by atoms with E-state index in [1.54, 1.807) is 9.80 Å². The molecule has 1 heterocycles. The van der Waals surface area contributed by atoms with E-state index in [9.17, 15) is 14.7 Å². The fourth-order valence-electron chi connectivity index (χ4n) is 5.28. The molecule has 0 spiro atoms. The van der Waals surface area contributed by atoms with Gasteiger partial charge < -0.3 is 24.4 Å². The Kier molecular flexibility index (Phi) is 8.42. The molecule has 2 aromatic carbocycles. The lowest BCUT2D eigenvalue weighted by Gasteiger charge is -2.43. The molecule has 200 valence electrons. The molecular weight excluding hydrogens is 468 g/mol. The van der Waals surface area contributed by atoms with Gasteiger partial charge in [0.15, 0.2) is 0 Å². The first-order valence-electron chi connectivity index (χ1n) is 13.4. The number of nitrogens with zero attached hydrogens (tertiary/aromatic N) is 2. The van der Waals surface area contributed by atoms with E-state index < -0.39 is 17.1 Å². The minimum atomic E-state index is -1.10. The standard InChI is InChI=1S/C30H40N2O5/c1-29(2,3)37-28(34)32-19-17-31(18-20-32)27(33)26(30(35)15-8-5-9-16-30)24-13-10-14-25(21-24)36-22-23-11-6-4-7-12-23/h4,6-7,10-14,21,26,35H,5,8-9,15-20,22H2,1-3H3. The predicted octanol–water partition coefficient (Wildman–Crippen LogP) is 5.12. The molecule has 37 heavy (non-hydrogen) atoms. The van der Waals surface area contributed by atoms with Crippen LogP contribution in [-0.2, 0) is 16.1 Å². The number of benzene rings is 2. The molecule has 1 N–H and O–H groups in total. The number of carbonyl (C=O) groups excluding carboxylic acids is 2. The van der Waals surface area contributed by atoms with E-state index in [0.717, 1.165) is 30.4 Å². The van der Waals surface area contributed by atoms with Crippen LogP contribution < -0.4 is 4.74 Å². The maximum absolute atomic E-state index is 14.0. The summed E-state index contributed by atoms with van der Waals surface area (Å²) < 4.78 is 11.5. The van der Waals surface area contributed by atoms with Gasteiger partial charge in [-0.25, -0.2) is 4.79 Å². The molecule has 2 fully saturated rings. The van der Waals surface area contributed by atoms with Gasteiger partial charge in [-0.3, -0.25) is 4.79 Å². The molecule has 0 aromatic heterocycles. The Morgan fingerprint density at radius 3 is 2.22 bits per heavy atom. The Hall–Kier alpha value is -3.06. The number of piperazine rings is 1. The topological polar surface area (TPSA) is 79.3 Å². The highest BCUT2D eigenvalue weighted by Gasteiger charge is 2.45. The molecule has 7 nitrogen and oxygen atoms in total. The maximum Gasteiger partial charge on any atom is 0.410 e. The van der Waals surface area contributed by atoms with E-state index in [1.807, 2.05) is 75.4 Å². The van der Waals surface area contributed by atoms with Gasteiger partial charge >= 0.3 is 6.09 Å². The molecule has 7 heteroatoms. The maximum atomic E-state index is 14.0. The highest BCUT2D eigenvalue weighted by atomic mass is 16.6. The van der Waals surface area contributed by atoms with Gasteiger partial charge in [0.05, 0.1) is 11.5 Å². The van der Waals surface area contributed by atoms with Crippen LogP contribution in [0.3, 0.4) is 0 Å². The first kappa shape index (κ1) is 27.0. The molecule has 1 saturated carbocycles. The van der Waals surface area contributed by atoms with Gasteiger partial charge in [-0.2, -0.15) is 0 Å². The van der Waals surface area contributed by atoms with Gasteiger partial charge in [-0.1, -0.05) is 61.7 Å². The normalized spacial score (nSPS) is 18.7. The third-order valence-electron chi connectivity index (χ3n) is 7.19. The molecule has 0 bridgehead atoms. The van der Waals surface area contributed by atoms with Crippen LogP contribution in [0, 0.1) is 0 Å². The number of ether oxygens (including phenoxy) is 2. The molecule has 1 saturated heterocycles. The van der Waals surface area contributed by atoms with E-state index in [2.05, 4.69) is 0 Å². The summed E-state index contributed by atoms with van der Waals surface area (Å²) in [5.74, 6) is -0.0945. The summed E-state index contributed by atoms with van der Waals surface area (Å²) in [5, 5.41) is 11.8. The van der Waals surface area contributed by atoms with Crippen molar-refractivity contribution in [3.63, 3.8) is 0 Å². The predicted molar refractivity (Wildman–Crippen MR) is 142 cm³/mol. The average molecular weight is 509 g/mol. The number of hydrogen-bond acceptors (Lipinski definition) is 5. The highest BCUT2D eigenvalue weighted by Crippen LogP contribution is 2.42. The Morgan fingerprint density at radius 2 is 1.57 bits per heavy atom. The number of amides is 2. The third kappa shape index (κ3) is 7.04. The summed E-state index contributed by atoms with van der Waals surface area (Å²) in [7, 11) is 0. The van der Waals surface area contributed by atoms with Crippen molar-refractivity contribution >= 4 is 12.0 Å². The van der Waals surface area contributed by atoms with Crippen molar-refractivity contribution < 1.29 is 24.2 Å². The van der Waals surface area contributed by atoms with Crippen molar-refractivity contribution in [1.82, 2.24) is 9.80 Å². The van der Waals surface area contributed by atoms with Gasteiger partial charge in [-0.15, -0.1) is 0 Å². The second kappa shape index (κ2) is 11.5. The van der Waals surface area contributed by atoms with Crippen LogP contribution in [0.4, 0.5) is 4.79 Å². The van der Waals surface area contributed by atoms with Crippen LogP contribution in [0.1, 0.15) is 69.9 Å². The van der Waals surface area contributed by atoms with Crippen molar-refractivity contribution in [3.05, 3.63) is 65.7 Å². The zero-order chi connectivity index (χ0) is 26.5. The lowest BCUT2D eigenvalue weighted by molar-refractivity contribution is -0.143. The fraction of sp³-hybridized carbons (Fsp3) is 0.533. The van der Waals surface area contributed by atoms with E-state index in [-0.39, 0.29) is 12.0 Å². The van der Waals surface area contributed by atoms with Gasteiger partial charge in [0, 0.05) is 26.2 Å². The van der Waals surface area contributed by atoms with Crippen LogP contribution in [0.2, 0.25) is 0 Å². The largest absolute Gasteiger partial charge is 0.489 e. The van der Waals surface area contributed by atoms with Gasteiger partial charge in [-0.05, 0) is 56.9 Å². The molecule has 1 unspecified atom stereocenters. The molecule has 1 atom stereocenters. The fourth-order valence-corrected chi connectivity index (χ4v) is 5.28. The Balaban J connectivity index is 1.50. The quantitative estimate of drug-likeness (QED) is 0.586. The second-order valence-corrected chi connectivity index (χ2v) is 11.2. The molecular formula is C30H40N2O5. The van der Waals surface area contributed by atoms with Crippen LogP contribution in [0.25, 0.3) is 0 Å². The first-order valence-corrected chi connectivity index (χ1v) is 13.4. The van der Waals surface area contributed by atoms with Crippen LogP contribution in [0.15, 0.2) is 54.6 Å². The van der Waals surface area contributed by atoms with Crippen molar-refractivity contribution in [2.75, 3.05) is 26.2 Å². The number of aliphatic hydroxyl groups is 1. The third-order valence-corrected chi connectivity index (χ3v) is 7.19.